The molecule has 0 spiro atoms. The van der Waals surface area contributed by atoms with Crippen LogP contribution in [0.4, 0.5) is 11.4 Å². The van der Waals surface area contributed by atoms with Gasteiger partial charge < -0.3 is 25.3 Å². The van der Waals surface area contributed by atoms with Gasteiger partial charge in [0.15, 0.2) is 0 Å². The topological polar surface area (TPSA) is 93.4 Å². The smallest absolute Gasteiger partial charge is 0.253 e. The number of amides is 2. The Labute approximate surface area is 164 Å². The number of nitrogens with zero attached hydrogens (tertiary/aromatic N) is 2. The third-order valence-corrected chi connectivity index (χ3v) is 5.25. The molecule has 0 aliphatic carbocycles. The summed E-state index contributed by atoms with van der Waals surface area (Å²) in [5, 5.41) is 2.92. The first-order valence-corrected chi connectivity index (χ1v) is 9.25. The summed E-state index contributed by atoms with van der Waals surface area (Å²) in [6, 6.07) is 13.4. The number of hydrogen-bond donors (Lipinski definition) is 1. The van der Waals surface area contributed by atoms with E-state index in [2.05, 4.69) is 16.3 Å². The van der Waals surface area contributed by atoms with E-state index in [0.717, 1.165) is 36.6 Å². The van der Waals surface area contributed by atoms with Crippen LogP contribution in [0.1, 0.15) is 22.3 Å². The summed E-state index contributed by atoms with van der Waals surface area (Å²) in [6.07, 6.45) is 1.32. The van der Waals surface area contributed by atoms with E-state index in [1.807, 2.05) is 41.3 Å². The van der Waals surface area contributed by atoms with Crippen molar-refractivity contribution in [2.75, 3.05) is 43.5 Å². The van der Waals surface area contributed by atoms with E-state index in [-0.39, 0.29) is 17.3 Å². The van der Waals surface area contributed by atoms with Gasteiger partial charge in [0.25, 0.3) is 5.91 Å². The Morgan fingerprint density at radius 1 is 1.00 bits per heavy atom. The summed E-state index contributed by atoms with van der Waals surface area (Å²) in [7, 11) is 1.62. The van der Waals surface area contributed by atoms with Crippen LogP contribution in [0.25, 0.3) is 0 Å². The van der Waals surface area contributed by atoms with Crippen LogP contribution in [0.15, 0.2) is 42.5 Å². The molecule has 4 rings (SSSR count). The minimum atomic E-state index is 0. The van der Waals surface area contributed by atoms with Crippen molar-refractivity contribution in [3.05, 3.63) is 53.6 Å². The van der Waals surface area contributed by atoms with E-state index in [1.165, 1.54) is 5.56 Å². The zero-order chi connectivity index (χ0) is 18.8. The maximum atomic E-state index is 12.7. The highest BCUT2D eigenvalue weighted by Gasteiger charge is 2.23. The number of hydrogen-bond acceptors (Lipinski definition) is 4. The van der Waals surface area contributed by atoms with Crippen LogP contribution in [0.5, 0.6) is 5.75 Å². The SMILES string of the molecule is COc1ccc(C(=O)N2CCN(c3ccc4c(c3)CCC(=O)N4)CC2)cc1.O. The van der Waals surface area contributed by atoms with Gasteiger partial charge >= 0.3 is 0 Å². The van der Waals surface area contributed by atoms with E-state index in [4.69, 9.17) is 4.74 Å². The molecule has 2 aliphatic heterocycles. The van der Waals surface area contributed by atoms with Crippen molar-refractivity contribution in [3.63, 3.8) is 0 Å². The second-order valence-corrected chi connectivity index (χ2v) is 6.90. The standard InChI is InChI=1S/C21H23N3O3.H2O/c1-27-18-6-2-15(3-7-18)21(26)24-12-10-23(11-13-24)17-5-8-19-16(14-17)4-9-20(25)22-19;/h2-3,5-8,14H,4,9-13H2,1H3,(H,22,25);1H2. The van der Waals surface area contributed by atoms with Crippen molar-refractivity contribution in [3.8, 4) is 5.75 Å². The van der Waals surface area contributed by atoms with E-state index in [1.54, 1.807) is 7.11 Å². The average molecular weight is 383 g/mol. The van der Waals surface area contributed by atoms with Crippen LogP contribution in [-0.2, 0) is 11.2 Å². The third kappa shape index (κ3) is 3.94. The lowest BCUT2D eigenvalue weighted by atomic mass is 10.0. The summed E-state index contributed by atoms with van der Waals surface area (Å²) in [5.41, 5.74) is 3.95. The molecule has 2 aromatic carbocycles. The largest absolute Gasteiger partial charge is 0.497 e. The molecule has 2 aliphatic rings. The molecule has 2 aromatic rings. The number of methoxy groups -OCH3 is 1. The van der Waals surface area contributed by atoms with Crippen LogP contribution < -0.4 is 15.0 Å². The zero-order valence-electron chi connectivity index (χ0n) is 15.9. The molecule has 3 N–H and O–H groups in total. The third-order valence-electron chi connectivity index (χ3n) is 5.25. The van der Waals surface area contributed by atoms with Crippen molar-refractivity contribution in [2.24, 2.45) is 0 Å². The Morgan fingerprint density at radius 2 is 1.71 bits per heavy atom. The van der Waals surface area contributed by atoms with Gasteiger partial charge in [0.2, 0.25) is 5.91 Å². The fraction of sp³-hybridized carbons (Fsp3) is 0.333. The predicted molar refractivity (Wildman–Crippen MR) is 108 cm³/mol. The van der Waals surface area contributed by atoms with E-state index < -0.39 is 0 Å². The van der Waals surface area contributed by atoms with Crippen LogP contribution in [0.3, 0.4) is 0 Å². The van der Waals surface area contributed by atoms with Crippen molar-refractivity contribution < 1.29 is 19.8 Å². The van der Waals surface area contributed by atoms with Crippen LogP contribution in [0, 0.1) is 0 Å². The highest BCUT2D eigenvalue weighted by molar-refractivity contribution is 5.95. The minimum Gasteiger partial charge on any atom is -0.497 e. The highest BCUT2D eigenvalue weighted by Crippen LogP contribution is 2.28. The number of nitrogens with one attached hydrogen (secondary N) is 1. The number of anilines is 2. The van der Waals surface area contributed by atoms with Gasteiger partial charge in [-0.15, -0.1) is 0 Å². The molecule has 2 heterocycles. The second kappa shape index (κ2) is 8.31. The molecular formula is C21H25N3O4. The fourth-order valence-electron chi connectivity index (χ4n) is 3.65. The Hall–Kier alpha value is -3.06. The van der Waals surface area contributed by atoms with Gasteiger partial charge in [-0.25, -0.2) is 0 Å². The molecule has 1 saturated heterocycles. The molecule has 0 saturated carbocycles. The first-order valence-electron chi connectivity index (χ1n) is 9.25. The van der Waals surface area contributed by atoms with Crippen molar-refractivity contribution in [2.45, 2.75) is 12.8 Å². The van der Waals surface area contributed by atoms with Crippen molar-refractivity contribution in [1.82, 2.24) is 4.90 Å². The Kier molecular flexibility index (Phi) is 5.84. The Bertz CT molecular complexity index is 858. The summed E-state index contributed by atoms with van der Waals surface area (Å²) in [6.45, 7) is 2.98. The minimum absolute atomic E-state index is 0. The number of aryl methyl sites for hydroxylation is 1. The lowest BCUT2D eigenvalue weighted by molar-refractivity contribution is -0.116. The van der Waals surface area contributed by atoms with Gasteiger partial charge in [-0.05, 0) is 54.4 Å². The normalized spacial score (nSPS) is 16.0. The van der Waals surface area contributed by atoms with Gasteiger partial charge in [0, 0.05) is 49.5 Å². The fourth-order valence-corrected chi connectivity index (χ4v) is 3.65. The molecule has 1 fully saturated rings. The molecule has 0 unspecified atom stereocenters. The molecule has 0 bridgehead atoms. The number of benzene rings is 2. The van der Waals surface area contributed by atoms with Gasteiger partial charge in [-0.3, -0.25) is 9.59 Å². The molecule has 7 nitrogen and oxygen atoms in total. The number of carbonyl (C=O) groups excluding carboxylic acids is 2. The summed E-state index contributed by atoms with van der Waals surface area (Å²) in [4.78, 5) is 28.4. The van der Waals surface area contributed by atoms with Gasteiger partial charge in [-0.1, -0.05) is 0 Å². The van der Waals surface area contributed by atoms with Gasteiger partial charge in [0.05, 0.1) is 7.11 Å². The van der Waals surface area contributed by atoms with Crippen LogP contribution in [-0.4, -0.2) is 55.5 Å². The van der Waals surface area contributed by atoms with E-state index in [0.29, 0.717) is 25.1 Å². The van der Waals surface area contributed by atoms with E-state index in [9.17, 15) is 9.59 Å². The number of ether oxygens (including phenoxy) is 1. The van der Waals surface area contributed by atoms with Crippen molar-refractivity contribution >= 4 is 23.2 Å². The molecule has 28 heavy (non-hydrogen) atoms. The molecule has 148 valence electrons. The van der Waals surface area contributed by atoms with Gasteiger partial charge in [-0.2, -0.15) is 0 Å². The number of carbonyl (C=O) groups is 2. The monoisotopic (exact) mass is 383 g/mol. The maximum Gasteiger partial charge on any atom is 0.253 e. The first-order chi connectivity index (χ1) is 13.1. The Morgan fingerprint density at radius 3 is 2.39 bits per heavy atom. The number of piperazine rings is 1. The van der Waals surface area contributed by atoms with Crippen LogP contribution >= 0.6 is 0 Å². The average Bonchev–Trinajstić information content (AvgIpc) is 2.73. The summed E-state index contributed by atoms with van der Waals surface area (Å²) >= 11 is 0. The lowest BCUT2D eigenvalue weighted by Gasteiger charge is -2.36. The summed E-state index contributed by atoms with van der Waals surface area (Å²) in [5.74, 6) is 0.895. The quantitative estimate of drug-likeness (QED) is 0.873. The molecule has 0 aromatic heterocycles. The van der Waals surface area contributed by atoms with E-state index >= 15 is 0 Å². The number of fused-ring (bicyclic) bond motifs is 1. The molecule has 7 heteroatoms. The first kappa shape index (κ1) is 19.7. The zero-order valence-corrected chi connectivity index (χ0v) is 15.9. The second-order valence-electron chi connectivity index (χ2n) is 6.90. The molecule has 2 amide bonds. The maximum absolute atomic E-state index is 12.7. The van der Waals surface area contributed by atoms with Crippen LogP contribution in [0.2, 0.25) is 0 Å². The molecule has 0 radical (unpaired) electrons. The highest BCUT2D eigenvalue weighted by atomic mass is 16.5. The molecule has 0 atom stereocenters. The Balaban J connectivity index is 0.00000225. The summed E-state index contributed by atoms with van der Waals surface area (Å²) < 4.78 is 5.15. The predicted octanol–water partition coefficient (Wildman–Crippen LogP) is 1.72. The molecular weight excluding hydrogens is 358 g/mol. The lowest BCUT2D eigenvalue weighted by Crippen LogP contribution is -2.48. The van der Waals surface area contributed by atoms with Gasteiger partial charge in [0.1, 0.15) is 5.75 Å². The number of rotatable bonds is 3. The van der Waals surface area contributed by atoms with Crippen molar-refractivity contribution in [1.29, 1.82) is 0 Å².